The van der Waals surface area contributed by atoms with Crippen molar-refractivity contribution in [3.05, 3.63) is 26.6 Å². The third kappa shape index (κ3) is 1.25. The molecule has 10 heteroatoms. The summed E-state index contributed by atoms with van der Waals surface area (Å²) in [5.41, 5.74) is 0. The Hall–Kier alpha value is -2.26. The minimum absolute atomic E-state index is 0.368. The lowest BCUT2D eigenvalue weighted by Gasteiger charge is -1.96. The van der Waals surface area contributed by atoms with Crippen LogP contribution in [-0.2, 0) is 0 Å². The van der Waals surface area contributed by atoms with Gasteiger partial charge in [-0.25, -0.2) is 25.3 Å². The van der Waals surface area contributed by atoms with Gasteiger partial charge in [0.1, 0.15) is 6.33 Å². The minimum Gasteiger partial charge on any atom is -0.235 e. The van der Waals surface area contributed by atoms with E-state index in [0.29, 0.717) is 0 Å². The molecule has 0 radical (unpaired) electrons. The highest BCUT2D eigenvalue weighted by molar-refractivity contribution is 5.15. The number of nitrogens with zero attached hydrogens (tertiary/aromatic N) is 5. The van der Waals surface area contributed by atoms with Gasteiger partial charge in [0.15, 0.2) is 0 Å². The first-order chi connectivity index (χ1) is 5.63. The Labute approximate surface area is 64.1 Å². The van der Waals surface area contributed by atoms with Crippen molar-refractivity contribution in [1.82, 2.24) is 15.2 Å². The summed E-state index contributed by atoms with van der Waals surface area (Å²) in [6, 6.07) is 0. The van der Waals surface area contributed by atoms with Crippen LogP contribution in [0.1, 0.15) is 0 Å². The Bertz CT molecular complexity index is 279. The lowest BCUT2D eigenvalue weighted by molar-refractivity contribution is -0.713. The molecule has 1 aromatic rings. The van der Waals surface area contributed by atoms with E-state index in [0.717, 1.165) is 6.33 Å². The molecule has 0 saturated carbocycles. The molecule has 0 aliphatic carbocycles. The van der Waals surface area contributed by atoms with Gasteiger partial charge in [0.05, 0.1) is 0 Å². The molecule has 1 heterocycles. The minimum atomic E-state index is -1.22. The Balaban J connectivity index is 2.96. The van der Waals surface area contributed by atoms with Crippen LogP contribution in [0.15, 0.2) is 6.33 Å². The number of nitro groups is 2. The molecule has 1 N–H and O–H groups in total. The first kappa shape index (κ1) is 7.84. The van der Waals surface area contributed by atoms with Crippen LogP contribution in [0.4, 0.5) is 5.95 Å². The maximum Gasteiger partial charge on any atom is 0.362 e. The molecule has 10 nitrogen and oxygen atoms in total. The lowest BCUT2D eigenvalue weighted by atomic mass is 11.0. The number of rotatable bonds is 3. The van der Waals surface area contributed by atoms with Gasteiger partial charge in [0.25, 0.3) is 0 Å². The Morgan fingerprint density at radius 2 is 2.00 bits per heavy atom. The van der Waals surface area contributed by atoms with Gasteiger partial charge in [0, 0.05) is 0 Å². The number of anilines is 1. The van der Waals surface area contributed by atoms with Crippen molar-refractivity contribution in [2.45, 2.75) is 0 Å². The van der Waals surface area contributed by atoms with Gasteiger partial charge in [-0.15, -0.1) is 0 Å². The maximum atomic E-state index is 10.0. The monoisotopic (exact) mass is 174 g/mol. The molecule has 0 atom stereocenters. The van der Waals surface area contributed by atoms with E-state index in [1.807, 2.05) is 5.10 Å². The number of aromatic nitrogens is 3. The zero-order valence-corrected chi connectivity index (χ0v) is 5.45. The van der Waals surface area contributed by atoms with Crippen molar-refractivity contribution in [3.63, 3.8) is 0 Å². The van der Waals surface area contributed by atoms with E-state index in [-0.39, 0.29) is 5.12 Å². The average molecular weight is 174 g/mol. The van der Waals surface area contributed by atoms with Gasteiger partial charge in [0.2, 0.25) is 15.2 Å². The molecule has 0 bridgehead atoms. The topological polar surface area (TPSA) is 131 Å². The van der Waals surface area contributed by atoms with Crippen molar-refractivity contribution >= 4 is 5.95 Å². The average Bonchev–Trinajstić information content (AvgIpc) is 2.37. The van der Waals surface area contributed by atoms with E-state index < -0.39 is 16.0 Å². The second-order valence-electron chi connectivity index (χ2n) is 1.57. The summed E-state index contributed by atoms with van der Waals surface area (Å²) in [6.45, 7) is 0. The summed E-state index contributed by atoms with van der Waals surface area (Å²) in [6.07, 6.45) is 0.926. The Kier molecular flexibility index (Phi) is 1.81. The Morgan fingerprint density at radius 1 is 1.42 bits per heavy atom. The van der Waals surface area contributed by atoms with E-state index in [9.17, 15) is 20.2 Å². The summed E-state index contributed by atoms with van der Waals surface area (Å²) in [4.78, 5) is 23.3. The molecule has 64 valence electrons. The molecule has 0 saturated heterocycles. The second-order valence-corrected chi connectivity index (χ2v) is 1.57. The van der Waals surface area contributed by atoms with E-state index in [4.69, 9.17) is 0 Å². The maximum absolute atomic E-state index is 10.0. The summed E-state index contributed by atoms with van der Waals surface area (Å²) in [5.74, 6) is -0.551. The molecular weight excluding hydrogens is 172 g/mol. The van der Waals surface area contributed by atoms with Crippen LogP contribution in [0, 0.1) is 20.2 Å². The molecule has 0 aliphatic rings. The highest BCUT2D eigenvalue weighted by Gasteiger charge is 2.33. The predicted octanol–water partition coefficient (Wildman–Crippen LogP) is -1.01. The number of nitrogens with one attached hydrogen (secondary N) is 1. The van der Waals surface area contributed by atoms with E-state index >= 15 is 0 Å². The van der Waals surface area contributed by atoms with Crippen LogP contribution in [0.25, 0.3) is 0 Å². The molecule has 1 rings (SSSR count). The predicted molar refractivity (Wildman–Crippen MR) is 32.9 cm³/mol. The number of aromatic amines is 1. The third-order valence-corrected chi connectivity index (χ3v) is 0.901. The summed E-state index contributed by atoms with van der Waals surface area (Å²) in [7, 11) is 0. The van der Waals surface area contributed by atoms with Crippen molar-refractivity contribution in [2.75, 3.05) is 5.12 Å². The number of hydrazine groups is 2. The van der Waals surface area contributed by atoms with Gasteiger partial charge in [-0.2, -0.15) is 10.1 Å². The molecular formula is C2H2N6O4. The van der Waals surface area contributed by atoms with Gasteiger partial charge < -0.3 is 0 Å². The standard InChI is InChI=1S/C2H2N6O4/c9-7(10)6(8(11)12)2-3-1-4-5-2/h1H,(H,3,4,5). The number of hydrogen-bond acceptors (Lipinski definition) is 6. The van der Waals surface area contributed by atoms with Gasteiger partial charge in [-0.05, 0) is 0 Å². The normalized spacial score (nSPS) is 9.33. The molecule has 0 spiro atoms. The fraction of sp³-hybridized carbons (Fsp3) is 0. The largest absolute Gasteiger partial charge is 0.362 e. The van der Waals surface area contributed by atoms with Crippen molar-refractivity contribution in [2.24, 2.45) is 0 Å². The highest BCUT2D eigenvalue weighted by Crippen LogP contribution is 2.02. The molecule has 0 aromatic carbocycles. The van der Waals surface area contributed by atoms with Gasteiger partial charge in [-0.3, -0.25) is 0 Å². The number of hydrogen-bond donors (Lipinski definition) is 1. The molecule has 1 aromatic heterocycles. The zero-order valence-electron chi connectivity index (χ0n) is 5.45. The lowest BCUT2D eigenvalue weighted by Crippen LogP contribution is -2.36. The third-order valence-electron chi connectivity index (χ3n) is 0.901. The molecule has 0 fully saturated rings. The first-order valence-electron chi connectivity index (χ1n) is 2.57. The zero-order chi connectivity index (χ0) is 9.14. The number of H-pyrrole nitrogens is 1. The first-order valence-corrected chi connectivity index (χ1v) is 2.57. The van der Waals surface area contributed by atoms with E-state index in [2.05, 4.69) is 10.1 Å². The summed E-state index contributed by atoms with van der Waals surface area (Å²) >= 11 is 0. The molecule has 0 aliphatic heterocycles. The van der Waals surface area contributed by atoms with Crippen molar-refractivity contribution in [1.29, 1.82) is 0 Å². The fourth-order valence-corrected chi connectivity index (χ4v) is 0.510. The van der Waals surface area contributed by atoms with Crippen molar-refractivity contribution < 1.29 is 10.1 Å². The Morgan fingerprint density at radius 3 is 2.33 bits per heavy atom. The SMILES string of the molecule is O=[N+]([O-])N(c1ncn[nH]1)[N+](=O)[O-]. The molecule has 0 unspecified atom stereocenters. The van der Waals surface area contributed by atoms with E-state index in [1.165, 1.54) is 0 Å². The van der Waals surface area contributed by atoms with Crippen LogP contribution in [0.3, 0.4) is 0 Å². The fourth-order valence-electron chi connectivity index (χ4n) is 0.510. The quantitative estimate of drug-likeness (QED) is 0.458. The smallest absolute Gasteiger partial charge is 0.235 e. The van der Waals surface area contributed by atoms with Gasteiger partial charge >= 0.3 is 5.95 Å². The van der Waals surface area contributed by atoms with Crippen LogP contribution in [0.5, 0.6) is 0 Å². The molecule has 0 amide bonds. The van der Waals surface area contributed by atoms with Crippen LogP contribution in [0.2, 0.25) is 0 Å². The summed E-state index contributed by atoms with van der Waals surface area (Å²) in [5, 5.41) is 22.5. The van der Waals surface area contributed by atoms with Gasteiger partial charge in [-0.1, -0.05) is 0 Å². The molecule has 12 heavy (non-hydrogen) atoms. The summed E-state index contributed by atoms with van der Waals surface area (Å²) < 4.78 is 0. The van der Waals surface area contributed by atoms with Crippen LogP contribution >= 0.6 is 0 Å². The second kappa shape index (κ2) is 2.77. The highest BCUT2D eigenvalue weighted by atomic mass is 16.8. The van der Waals surface area contributed by atoms with Crippen molar-refractivity contribution in [3.8, 4) is 0 Å². The van der Waals surface area contributed by atoms with Crippen LogP contribution in [-0.4, -0.2) is 25.2 Å². The van der Waals surface area contributed by atoms with E-state index in [1.54, 1.807) is 0 Å². The van der Waals surface area contributed by atoms with Crippen LogP contribution < -0.4 is 5.12 Å².